The number of nitrogens with zero attached hydrogens (tertiary/aromatic N) is 2. The summed E-state index contributed by atoms with van der Waals surface area (Å²) in [6, 6.07) is 15.8. The van der Waals surface area contributed by atoms with Crippen molar-refractivity contribution in [1.82, 2.24) is 9.36 Å². The van der Waals surface area contributed by atoms with Crippen LogP contribution in [0.1, 0.15) is 26.4 Å². The lowest BCUT2D eigenvalue weighted by Crippen LogP contribution is -2.37. The predicted molar refractivity (Wildman–Crippen MR) is 136 cm³/mol. The fourth-order valence-corrected chi connectivity index (χ4v) is 4.18. The van der Waals surface area contributed by atoms with Crippen molar-refractivity contribution < 1.29 is 14.0 Å². The number of aryl methyl sites for hydroxylation is 1. The molecule has 2 heterocycles. The molecule has 2 aromatic heterocycles. The Balaban J connectivity index is 1.58. The molecular formula is C25H23FN6O2S. The quantitative estimate of drug-likeness (QED) is 0.259. The average molecular weight is 491 g/mol. The summed E-state index contributed by atoms with van der Waals surface area (Å²) < 4.78 is 19.0. The number of anilines is 3. The maximum absolute atomic E-state index is 14.9. The summed E-state index contributed by atoms with van der Waals surface area (Å²) in [4.78, 5) is 29.3. The standard InChI is InChI=1S/C25H23FN6O2S/c1-14-10-23(35-32-14)31-20-12-21(18(26)11-17(20)25(28)34)30-22(13-27)24(33)16-7-5-15(6-8-16)19-4-2-3-9-29-19/h2-12,22,30-31H,13,27H2,1H3,(H2,28,34). The van der Waals surface area contributed by atoms with Gasteiger partial charge < -0.3 is 22.1 Å². The molecule has 0 aliphatic heterocycles. The molecule has 0 spiro atoms. The van der Waals surface area contributed by atoms with E-state index in [1.54, 1.807) is 36.5 Å². The van der Waals surface area contributed by atoms with Gasteiger partial charge in [-0.25, -0.2) is 4.39 Å². The van der Waals surface area contributed by atoms with Gasteiger partial charge in [-0.2, -0.15) is 4.37 Å². The highest BCUT2D eigenvalue weighted by atomic mass is 32.1. The van der Waals surface area contributed by atoms with Crippen molar-refractivity contribution in [2.75, 3.05) is 17.2 Å². The van der Waals surface area contributed by atoms with E-state index in [9.17, 15) is 14.0 Å². The number of nitrogens with one attached hydrogen (secondary N) is 2. The minimum absolute atomic E-state index is 0.00708. The fourth-order valence-electron chi connectivity index (χ4n) is 3.51. The van der Waals surface area contributed by atoms with Gasteiger partial charge in [-0.05, 0) is 48.8 Å². The van der Waals surface area contributed by atoms with Gasteiger partial charge in [0, 0.05) is 23.9 Å². The molecule has 0 saturated carbocycles. The van der Waals surface area contributed by atoms with Crippen LogP contribution in [0.2, 0.25) is 0 Å². The second kappa shape index (κ2) is 10.4. The van der Waals surface area contributed by atoms with Crippen LogP contribution in [0, 0.1) is 12.7 Å². The van der Waals surface area contributed by atoms with Gasteiger partial charge in [-0.3, -0.25) is 14.6 Å². The van der Waals surface area contributed by atoms with Crippen LogP contribution in [0.15, 0.2) is 66.9 Å². The first kappa shape index (κ1) is 24.0. The van der Waals surface area contributed by atoms with Crippen LogP contribution in [0.4, 0.5) is 20.8 Å². The summed E-state index contributed by atoms with van der Waals surface area (Å²) in [6.45, 7) is 1.75. The molecule has 0 radical (unpaired) electrons. The summed E-state index contributed by atoms with van der Waals surface area (Å²) in [5, 5.41) is 6.57. The molecule has 2 aromatic carbocycles. The van der Waals surface area contributed by atoms with Crippen LogP contribution in [0.3, 0.4) is 0 Å². The number of amides is 1. The number of primary amides is 1. The molecule has 0 fully saturated rings. The maximum Gasteiger partial charge on any atom is 0.250 e. The number of aromatic nitrogens is 2. The number of pyridine rings is 1. The number of ketones is 1. The lowest BCUT2D eigenvalue weighted by molar-refractivity contribution is 0.0969. The zero-order valence-electron chi connectivity index (χ0n) is 18.8. The van der Waals surface area contributed by atoms with E-state index in [0.717, 1.165) is 23.0 Å². The van der Waals surface area contributed by atoms with Crippen molar-refractivity contribution in [3.05, 3.63) is 89.5 Å². The molecule has 1 unspecified atom stereocenters. The minimum atomic E-state index is -0.900. The lowest BCUT2D eigenvalue weighted by atomic mass is 10.0. The molecule has 4 aromatic rings. The fraction of sp³-hybridized carbons (Fsp3) is 0.120. The Bertz CT molecular complexity index is 1360. The third kappa shape index (κ3) is 5.51. The summed E-state index contributed by atoms with van der Waals surface area (Å²) in [5.74, 6) is -1.83. The van der Waals surface area contributed by atoms with E-state index in [0.29, 0.717) is 10.6 Å². The number of hydrogen-bond acceptors (Lipinski definition) is 8. The molecule has 6 N–H and O–H groups in total. The first-order chi connectivity index (χ1) is 16.9. The molecule has 8 nitrogen and oxygen atoms in total. The van der Waals surface area contributed by atoms with Crippen LogP contribution in [0.25, 0.3) is 11.3 Å². The molecule has 0 aliphatic rings. The van der Waals surface area contributed by atoms with Crippen LogP contribution < -0.4 is 22.1 Å². The number of nitrogens with two attached hydrogens (primary N) is 2. The summed E-state index contributed by atoms with van der Waals surface area (Å²) in [6.07, 6.45) is 1.69. The Morgan fingerprint density at radius 3 is 2.46 bits per heavy atom. The number of hydrogen-bond donors (Lipinski definition) is 4. The molecule has 4 rings (SSSR count). The smallest absolute Gasteiger partial charge is 0.250 e. The van der Waals surface area contributed by atoms with Crippen molar-refractivity contribution in [3.63, 3.8) is 0 Å². The largest absolute Gasteiger partial charge is 0.371 e. The maximum atomic E-state index is 14.9. The molecule has 0 aliphatic carbocycles. The second-order valence-corrected chi connectivity index (χ2v) is 8.59. The van der Waals surface area contributed by atoms with Gasteiger partial charge in [0.05, 0.1) is 28.3 Å². The molecular weight excluding hydrogens is 467 g/mol. The minimum Gasteiger partial charge on any atom is -0.371 e. The molecule has 10 heteroatoms. The highest BCUT2D eigenvalue weighted by Gasteiger charge is 2.22. The Kier molecular flexibility index (Phi) is 7.14. The SMILES string of the molecule is Cc1cc(Nc2cc(NC(CN)C(=O)c3ccc(-c4ccccn4)cc3)c(F)cc2C(N)=O)sn1. The van der Waals surface area contributed by atoms with Gasteiger partial charge in [0.2, 0.25) is 0 Å². The van der Waals surface area contributed by atoms with E-state index in [4.69, 9.17) is 11.5 Å². The van der Waals surface area contributed by atoms with E-state index in [1.165, 1.54) is 17.6 Å². The monoisotopic (exact) mass is 490 g/mol. The van der Waals surface area contributed by atoms with E-state index in [1.807, 2.05) is 25.1 Å². The van der Waals surface area contributed by atoms with Gasteiger partial charge in [0.1, 0.15) is 16.9 Å². The molecule has 178 valence electrons. The van der Waals surface area contributed by atoms with E-state index < -0.39 is 17.8 Å². The van der Waals surface area contributed by atoms with Gasteiger partial charge in [0.25, 0.3) is 5.91 Å². The van der Waals surface area contributed by atoms with Crippen molar-refractivity contribution >= 4 is 39.6 Å². The molecule has 0 bridgehead atoms. The van der Waals surface area contributed by atoms with Crippen molar-refractivity contribution in [2.24, 2.45) is 11.5 Å². The topological polar surface area (TPSA) is 136 Å². The summed E-state index contributed by atoms with van der Waals surface area (Å²) in [7, 11) is 0. The Morgan fingerprint density at radius 1 is 1.09 bits per heavy atom. The number of Topliss-reactive ketones (excluding diaryl/α,β-unsaturated/α-hetero) is 1. The zero-order valence-corrected chi connectivity index (χ0v) is 19.6. The number of benzene rings is 2. The number of halogens is 1. The lowest BCUT2D eigenvalue weighted by Gasteiger charge is -2.19. The number of rotatable bonds is 9. The van der Waals surface area contributed by atoms with Gasteiger partial charge in [-0.1, -0.05) is 30.3 Å². The summed E-state index contributed by atoms with van der Waals surface area (Å²) >= 11 is 1.19. The average Bonchev–Trinajstić information content (AvgIpc) is 3.28. The predicted octanol–water partition coefficient (Wildman–Crippen LogP) is 4.12. The third-order valence-electron chi connectivity index (χ3n) is 5.27. The summed E-state index contributed by atoms with van der Waals surface area (Å²) in [5.41, 5.74) is 14.4. The molecule has 35 heavy (non-hydrogen) atoms. The van der Waals surface area contributed by atoms with Crippen molar-refractivity contribution in [2.45, 2.75) is 13.0 Å². The van der Waals surface area contributed by atoms with E-state index in [2.05, 4.69) is 20.0 Å². The Labute approximate surface area is 205 Å². The number of carbonyl (C=O) groups is 2. The third-order valence-corrected chi connectivity index (χ3v) is 6.07. The van der Waals surface area contributed by atoms with Gasteiger partial charge in [0.15, 0.2) is 5.78 Å². The van der Waals surface area contributed by atoms with E-state index >= 15 is 0 Å². The zero-order chi connectivity index (χ0) is 24.9. The molecule has 1 amide bonds. The van der Waals surface area contributed by atoms with Gasteiger partial charge in [-0.15, -0.1) is 0 Å². The van der Waals surface area contributed by atoms with Crippen LogP contribution in [-0.4, -0.2) is 33.6 Å². The van der Waals surface area contributed by atoms with Crippen LogP contribution >= 0.6 is 11.5 Å². The van der Waals surface area contributed by atoms with E-state index in [-0.39, 0.29) is 29.3 Å². The van der Waals surface area contributed by atoms with Gasteiger partial charge >= 0.3 is 0 Å². The molecule has 1 atom stereocenters. The van der Waals surface area contributed by atoms with Crippen LogP contribution in [0.5, 0.6) is 0 Å². The Morgan fingerprint density at radius 2 is 1.86 bits per heavy atom. The highest BCUT2D eigenvalue weighted by molar-refractivity contribution is 7.10. The van der Waals surface area contributed by atoms with Crippen molar-refractivity contribution in [1.29, 1.82) is 0 Å². The number of carbonyl (C=O) groups excluding carboxylic acids is 2. The Hall–Kier alpha value is -4.15. The van der Waals surface area contributed by atoms with Crippen molar-refractivity contribution in [3.8, 4) is 11.3 Å². The molecule has 0 saturated heterocycles. The first-order valence-corrected chi connectivity index (χ1v) is 11.5. The second-order valence-electron chi connectivity index (χ2n) is 7.79. The highest BCUT2D eigenvalue weighted by Crippen LogP contribution is 2.30. The van der Waals surface area contributed by atoms with Crippen LogP contribution in [-0.2, 0) is 0 Å². The first-order valence-electron chi connectivity index (χ1n) is 10.7. The normalized spacial score (nSPS) is 11.6.